The lowest BCUT2D eigenvalue weighted by atomic mass is 10.1. The Morgan fingerprint density at radius 1 is 1.00 bits per heavy atom. The summed E-state index contributed by atoms with van der Waals surface area (Å²) in [5, 5.41) is 5.49. The number of methoxy groups -OCH3 is 1. The van der Waals surface area contributed by atoms with Crippen molar-refractivity contribution in [3.63, 3.8) is 0 Å². The van der Waals surface area contributed by atoms with Crippen molar-refractivity contribution in [1.82, 2.24) is 10.6 Å². The Kier molecular flexibility index (Phi) is 9.15. The van der Waals surface area contributed by atoms with Gasteiger partial charge in [-0.05, 0) is 32.0 Å². The van der Waals surface area contributed by atoms with Crippen LogP contribution in [0.25, 0.3) is 0 Å². The molecular formula is C23H30N2O5. The molecule has 30 heavy (non-hydrogen) atoms. The molecule has 0 fully saturated rings. The molecule has 0 aliphatic carbocycles. The molecule has 0 saturated heterocycles. The molecule has 1 unspecified atom stereocenters. The Balaban J connectivity index is 2.32. The fourth-order valence-electron chi connectivity index (χ4n) is 2.75. The highest BCUT2D eigenvalue weighted by Gasteiger charge is 2.23. The topological polar surface area (TPSA) is 85.9 Å². The Hall–Kier alpha value is -3.06. The summed E-state index contributed by atoms with van der Waals surface area (Å²) >= 11 is 0. The largest absolute Gasteiger partial charge is 0.490 e. The third-order valence-electron chi connectivity index (χ3n) is 4.21. The molecule has 2 amide bonds. The molecule has 0 radical (unpaired) electrons. The fourth-order valence-corrected chi connectivity index (χ4v) is 2.75. The summed E-state index contributed by atoms with van der Waals surface area (Å²) in [5.41, 5.74) is 1.16. The molecule has 0 heterocycles. The maximum atomic E-state index is 12.5. The van der Waals surface area contributed by atoms with Crippen LogP contribution in [0.4, 0.5) is 0 Å². The van der Waals surface area contributed by atoms with Gasteiger partial charge < -0.3 is 24.8 Å². The first kappa shape index (κ1) is 23.2. The van der Waals surface area contributed by atoms with E-state index < -0.39 is 6.10 Å². The molecule has 0 spiro atoms. The Morgan fingerprint density at radius 3 is 2.37 bits per heavy atom. The minimum absolute atomic E-state index is 0.00945. The zero-order chi connectivity index (χ0) is 21.9. The number of nitrogens with one attached hydrogen (secondary N) is 2. The van der Waals surface area contributed by atoms with Gasteiger partial charge in [0.2, 0.25) is 6.10 Å². The van der Waals surface area contributed by atoms with Gasteiger partial charge in [0.05, 0.1) is 6.61 Å². The molecule has 0 saturated carbocycles. The number of ether oxygens (including phenoxy) is 3. The van der Waals surface area contributed by atoms with E-state index in [9.17, 15) is 9.59 Å². The Morgan fingerprint density at radius 2 is 1.73 bits per heavy atom. The van der Waals surface area contributed by atoms with Crippen molar-refractivity contribution in [2.24, 2.45) is 0 Å². The fraction of sp³-hybridized carbons (Fsp3) is 0.391. The molecule has 2 aromatic carbocycles. The van der Waals surface area contributed by atoms with Crippen molar-refractivity contribution in [3.8, 4) is 11.5 Å². The van der Waals surface area contributed by atoms with Gasteiger partial charge in [-0.15, -0.1) is 0 Å². The normalized spacial score (nSPS) is 11.6. The lowest BCUT2D eigenvalue weighted by Crippen LogP contribution is -2.30. The van der Waals surface area contributed by atoms with E-state index in [0.29, 0.717) is 42.3 Å². The van der Waals surface area contributed by atoms with Gasteiger partial charge in [-0.2, -0.15) is 0 Å². The number of amides is 2. The minimum Gasteiger partial charge on any atom is -0.490 e. The summed E-state index contributed by atoms with van der Waals surface area (Å²) in [7, 11) is 3.18. The molecule has 0 aliphatic heterocycles. The lowest BCUT2D eigenvalue weighted by Gasteiger charge is -2.21. The number of hydrogen-bond donors (Lipinski definition) is 2. The van der Waals surface area contributed by atoms with Crippen LogP contribution in [0.5, 0.6) is 11.5 Å². The van der Waals surface area contributed by atoms with Crippen LogP contribution in [0.2, 0.25) is 0 Å². The molecule has 162 valence electrons. The average molecular weight is 415 g/mol. The third kappa shape index (κ3) is 6.77. The van der Waals surface area contributed by atoms with Gasteiger partial charge in [0.15, 0.2) is 11.5 Å². The van der Waals surface area contributed by atoms with E-state index in [1.165, 1.54) is 0 Å². The Labute approximate surface area is 177 Å². The molecular weight excluding hydrogens is 384 g/mol. The van der Waals surface area contributed by atoms with Crippen LogP contribution in [-0.4, -0.2) is 45.2 Å². The highest BCUT2D eigenvalue weighted by molar-refractivity contribution is 5.95. The van der Waals surface area contributed by atoms with Crippen molar-refractivity contribution in [3.05, 3.63) is 59.7 Å². The second-order valence-electron chi connectivity index (χ2n) is 7.01. The summed E-state index contributed by atoms with van der Waals surface area (Å²) in [6.07, 6.45) is -0.177. The van der Waals surface area contributed by atoms with E-state index in [4.69, 9.17) is 14.2 Å². The number of rotatable bonds is 11. The van der Waals surface area contributed by atoms with E-state index in [1.54, 1.807) is 32.4 Å². The number of benzene rings is 2. The van der Waals surface area contributed by atoms with Crippen molar-refractivity contribution < 1.29 is 23.8 Å². The maximum absolute atomic E-state index is 12.5. The van der Waals surface area contributed by atoms with Crippen molar-refractivity contribution in [2.75, 3.05) is 27.4 Å². The zero-order valence-electron chi connectivity index (χ0n) is 17.9. The van der Waals surface area contributed by atoms with Gasteiger partial charge in [-0.3, -0.25) is 9.59 Å². The first-order valence-corrected chi connectivity index (χ1v) is 9.96. The van der Waals surface area contributed by atoms with Crippen LogP contribution in [0.15, 0.2) is 48.5 Å². The van der Waals surface area contributed by atoms with Crippen molar-refractivity contribution in [1.29, 1.82) is 0 Å². The van der Waals surface area contributed by atoms with Crippen LogP contribution in [0.1, 0.15) is 42.3 Å². The predicted molar refractivity (Wildman–Crippen MR) is 115 cm³/mol. The Bertz CT molecular complexity index is 824. The van der Waals surface area contributed by atoms with E-state index >= 15 is 0 Å². The molecule has 0 bridgehead atoms. The van der Waals surface area contributed by atoms with E-state index in [-0.39, 0.29) is 17.9 Å². The van der Waals surface area contributed by atoms with Crippen LogP contribution in [0, 0.1) is 0 Å². The van der Waals surface area contributed by atoms with Gasteiger partial charge in [-0.1, -0.05) is 30.3 Å². The van der Waals surface area contributed by atoms with Crippen LogP contribution < -0.4 is 20.1 Å². The van der Waals surface area contributed by atoms with Crippen molar-refractivity contribution >= 4 is 11.8 Å². The molecule has 7 heteroatoms. The zero-order valence-corrected chi connectivity index (χ0v) is 17.9. The summed E-state index contributed by atoms with van der Waals surface area (Å²) in [5.74, 6) is 0.288. The van der Waals surface area contributed by atoms with Gasteiger partial charge >= 0.3 is 0 Å². The maximum Gasteiger partial charge on any atom is 0.265 e. The summed E-state index contributed by atoms with van der Waals surface area (Å²) < 4.78 is 17.0. The number of likely N-dealkylation sites (N-methyl/N-ethyl adjacent to an activating group) is 1. The van der Waals surface area contributed by atoms with Gasteiger partial charge in [0, 0.05) is 44.4 Å². The lowest BCUT2D eigenvalue weighted by molar-refractivity contribution is -0.127. The van der Waals surface area contributed by atoms with Gasteiger partial charge in [-0.25, -0.2) is 0 Å². The summed E-state index contributed by atoms with van der Waals surface area (Å²) in [6.45, 7) is 4.72. The molecule has 1 atom stereocenters. The number of carbonyl (C=O) groups excluding carboxylic acids is 2. The minimum atomic E-state index is -0.854. The highest BCUT2D eigenvalue weighted by atomic mass is 16.5. The molecule has 2 aromatic rings. The summed E-state index contributed by atoms with van der Waals surface area (Å²) in [6, 6.07) is 14.2. The third-order valence-corrected chi connectivity index (χ3v) is 4.21. The molecule has 2 N–H and O–H groups in total. The predicted octanol–water partition coefficient (Wildman–Crippen LogP) is 3.11. The summed E-state index contributed by atoms with van der Waals surface area (Å²) in [4.78, 5) is 24.9. The number of hydrogen-bond acceptors (Lipinski definition) is 5. The second kappa shape index (κ2) is 11.8. The smallest absolute Gasteiger partial charge is 0.265 e. The first-order valence-electron chi connectivity index (χ1n) is 9.96. The quantitative estimate of drug-likeness (QED) is 0.552. The standard InChI is InChI=1S/C23H30N2O5/c1-16(2)25-22(26)18-11-12-19(20(15-18)29-14-8-13-28-4)30-21(23(27)24-3)17-9-6-5-7-10-17/h5-7,9-12,15-16,21H,8,13-14H2,1-4H3,(H,24,27)(H,25,26). The first-order chi connectivity index (χ1) is 14.5. The van der Waals surface area contributed by atoms with Crippen LogP contribution in [0.3, 0.4) is 0 Å². The van der Waals surface area contributed by atoms with E-state index in [0.717, 1.165) is 0 Å². The molecule has 0 aromatic heterocycles. The highest BCUT2D eigenvalue weighted by Crippen LogP contribution is 2.33. The van der Waals surface area contributed by atoms with E-state index in [2.05, 4.69) is 10.6 Å². The molecule has 2 rings (SSSR count). The molecule has 7 nitrogen and oxygen atoms in total. The number of carbonyl (C=O) groups is 2. The average Bonchev–Trinajstić information content (AvgIpc) is 2.75. The van der Waals surface area contributed by atoms with Gasteiger partial charge in [0.25, 0.3) is 11.8 Å². The van der Waals surface area contributed by atoms with Gasteiger partial charge in [0.1, 0.15) is 0 Å². The van der Waals surface area contributed by atoms with Crippen molar-refractivity contribution in [2.45, 2.75) is 32.4 Å². The monoisotopic (exact) mass is 414 g/mol. The van der Waals surface area contributed by atoms with Crippen LogP contribution in [-0.2, 0) is 9.53 Å². The van der Waals surface area contributed by atoms with Crippen LogP contribution >= 0.6 is 0 Å². The SMILES string of the molecule is CNC(=O)C(Oc1ccc(C(=O)NC(C)C)cc1OCCCOC)c1ccccc1. The second-order valence-corrected chi connectivity index (χ2v) is 7.01. The molecule has 0 aliphatic rings. The van der Waals surface area contributed by atoms with E-state index in [1.807, 2.05) is 44.2 Å².